The van der Waals surface area contributed by atoms with E-state index in [-0.39, 0.29) is 23.2 Å². The molecule has 1 fully saturated rings. The number of nitrogens with one attached hydrogen (secondary N) is 2. The number of aromatic nitrogens is 1. The molecule has 2 N–H and O–H groups in total. The third-order valence-corrected chi connectivity index (χ3v) is 4.71. The number of amides is 1. The number of hydrogen-bond acceptors (Lipinski definition) is 6. The summed E-state index contributed by atoms with van der Waals surface area (Å²) in [6.07, 6.45) is 6.16. The molecule has 114 valence electrons. The van der Waals surface area contributed by atoms with Gasteiger partial charge in [-0.2, -0.15) is 11.8 Å². The Morgan fingerprint density at radius 2 is 2.29 bits per heavy atom. The van der Waals surface area contributed by atoms with E-state index in [2.05, 4.69) is 21.9 Å². The maximum Gasteiger partial charge on any atom is 0.288 e. The number of thioether (sulfide) groups is 1. The van der Waals surface area contributed by atoms with Crippen LogP contribution in [-0.4, -0.2) is 40.4 Å². The molecule has 0 bridgehead atoms. The minimum atomic E-state index is -0.553. The van der Waals surface area contributed by atoms with Crippen LogP contribution in [0.3, 0.4) is 0 Å². The van der Waals surface area contributed by atoms with E-state index < -0.39 is 4.92 Å². The van der Waals surface area contributed by atoms with Crippen molar-refractivity contribution in [1.82, 2.24) is 10.3 Å². The fraction of sp³-hybridized carbons (Fsp3) is 0.538. The first-order chi connectivity index (χ1) is 10.0. The fourth-order valence-corrected chi connectivity index (χ4v) is 3.27. The molecule has 0 aliphatic heterocycles. The van der Waals surface area contributed by atoms with Crippen LogP contribution in [0.25, 0.3) is 0 Å². The van der Waals surface area contributed by atoms with Gasteiger partial charge in [0.05, 0.1) is 10.5 Å². The van der Waals surface area contributed by atoms with Gasteiger partial charge in [-0.05, 0) is 25.5 Å². The predicted molar refractivity (Wildman–Crippen MR) is 82.8 cm³/mol. The van der Waals surface area contributed by atoms with Gasteiger partial charge in [-0.15, -0.1) is 0 Å². The van der Waals surface area contributed by atoms with Crippen LogP contribution >= 0.6 is 11.8 Å². The average Bonchev–Trinajstić information content (AvgIpc) is 2.94. The first-order valence-electron chi connectivity index (χ1n) is 6.71. The average molecular weight is 310 g/mol. The molecule has 2 unspecified atom stereocenters. The van der Waals surface area contributed by atoms with Gasteiger partial charge < -0.3 is 10.6 Å². The van der Waals surface area contributed by atoms with Crippen molar-refractivity contribution in [2.24, 2.45) is 0 Å². The fourth-order valence-electron chi connectivity index (χ4n) is 2.47. The van der Waals surface area contributed by atoms with Crippen LogP contribution < -0.4 is 10.6 Å². The summed E-state index contributed by atoms with van der Waals surface area (Å²) in [6.45, 7) is 0. The first kappa shape index (κ1) is 15.6. The normalized spacial score (nSPS) is 21.0. The van der Waals surface area contributed by atoms with Gasteiger partial charge in [0.25, 0.3) is 11.6 Å². The quantitative estimate of drug-likeness (QED) is 0.638. The summed E-state index contributed by atoms with van der Waals surface area (Å²) in [4.78, 5) is 26.5. The van der Waals surface area contributed by atoms with E-state index in [1.54, 1.807) is 7.05 Å². The summed E-state index contributed by atoms with van der Waals surface area (Å²) in [6, 6.07) is 1.38. The summed E-state index contributed by atoms with van der Waals surface area (Å²) >= 11 is 1.81. The van der Waals surface area contributed by atoms with Gasteiger partial charge in [-0.1, -0.05) is 0 Å². The Labute approximate surface area is 127 Å². The number of carbonyl (C=O) groups is 1. The SMILES string of the molecule is CNc1ncc([N+](=O)[O-])cc1C(=O)NC1CCC(SC)C1. The molecule has 1 amide bonds. The molecule has 7 nitrogen and oxygen atoms in total. The maximum atomic E-state index is 12.3. The van der Waals surface area contributed by atoms with E-state index in [9.17, 15) is 14.9 Å². The lowest BCUT2D eigenvalue weighted by Gasteiger charge is -2.14. The van der Waals surface area contributed by atoms with Crippen molar-refractivity contribution in [2.75, 3.05) is 18.6 Å². The molecule has 1 aliphatic carbocycles. The highest BCUT2D eigenvalue weighted by Crippen LogP contribution is 2.28. The third-order valence-electron chi connectivity index (χ3n) is 3.62. The number of anilines is 1. The van der Waals surface area contributed by atoms with Crippen LogP contribution in [-0.2, 0) is 0 Å². The van der Waals surface area contributed by atoms with E-state index in [0.29, 0.717) is 11.1 Å². The van der Waals surface area contributed by atoms with Crippen LogP contribution in [0, 0.1) is 10.1 Å². The molecule has 1 aromatic rings. The molecular formula is C13H18N4O3S. The van der Waals surface area contributed by atoms with E-state index in [1.165, 1.54) is 6.07 Å². The Morgan fingerprint density at radius 3 is 2.86 bits per heavy atom. The summed E-state index contributed by atoms with van der Waals surface area (Å²) < 4.78 is 0. The minimum absolute atomic E-state index is 0.124. The van der Waals surface area contributed by atoms with Crippen LogP contribution in [0.4, 0.5) is 11.5 Å². The third kappa shape index (κ3) is 3.63. The largest absolute Gasteiger partial charge is 0.372 e. The van der Waals surface area contributed by atoms with Gasteiger partial charge in [0.15, 0.2) is 0 Å². The predicted octanol–water partition coefficient (Wildman–Crippen LogP) is 2.05. The molecule has 1 aliphatic rings. The van der Waals surface area contributed by atoms with Gasteiger partial charge in [0, 0.05) is 24.4 Å². The van der Waals surface area contributed by atoms with Gasteiger partial charge in [0.2, 0.25) is 0 Å². The number of nitro groups is 1. The molecule has 0 saturated heterocycles. The van der Waals surface area contributed by atoms with E-state index >= 15 is 0 Å². The Kier molecular flexibility index (Phi) is 5.00. The zero-order valence-electron chi connectivity index (χ0n) is 12.0. The highest BCUT2D eigenvalue weighted by molar-refractivity contribution is 7.99. The van der Waals surface area contributed by atoms with Crippen LogP contribution in [0.1, 0.15) is 29.6 Å². The second kappa shape index (κ2) is 6.75. The van der Waals surface area contributed by atoms with Crippen molar-refractivity contribution in [2.45, 2.75) is 30.6 Å². The van der Waals surface area contributed by atoms with Crippen molar-refractivity contribution in [3.05, 3.63) is 27.9 Å². The van der Waals surface area contributed by atoms with Crippen molar-refractivity contribution >= 4 is 29.2 Å². The Hall–Kier alpha value is -1.83. The molecule has 0 spiro atoms. The number of nitrogens with zero attached hydrogens (tertiary/aromatic N) is 2. The lowest BCUT2D eigenvalue weighted by molar-refractivity contribution is -0.385. The summed E-state index contributed by atoms with van der Waals surface area (Å²) in [5.41, 5.74) is 0.0202. The summed E-state index contributed by atoms with van der Waals surface area (Å²) in [5.74, 6) is 0.0276. The zero-order valence-corrected chi connectivity index (χ0v) is 12.8. The highest BCUT2D eigenvalue weighted by Gasteiger charge is 2.27. The molecule has 21 heavy (non-hydrogen) atoms. The maximum absolute atomic E-state index is 12.3. The molecule has 8 heteroatoms. The zero-order chi connectivity index (χ0) is 15.4. The number of rotatable bonds is 5. The molecule has 1 saturated carbocycles. The van der Waals surface area contributed by atoms with Crippen LogP contribution in [0.2, 0.25) is 0 Å². The second-order valence-electron chi connectivity index (χ2n) is 4.94. The van der Waals surface area contributed by atoms with E-state index in [4.69, 9.17) is 0 Å². The summed E-state index contributed by atoms with van der Waals surface area (Å²) in [5, 5.41) is 17.1. The first-order valence-corrected chi connectivity index (χ1v) is 7.99. The Bertz CT molecular complexity index is 552. The molecular weight excluding hydrogens is 292 g/mol. The van der Waals surface area contributed by atoms with Gasteiger partial charge in [0.1, 0.15) is 12.0 Å². The monoisotopic (exact) mass is 310 g/mol. The standard InChI is InChI=1S/C13H18N4O3S/c1-14-12-11(6-9(7-15-12)17(19)20)13(18)16-8-3-4-10(5-8)21-2/h6-8,10H,3-5H2,1-2H3,(H,14,15)(H,16,18). The van der Waals surface area contributed by atoms with Crippen LogP contribution in [0.5, 0.6) is 0 Å². The number of hydrogen-bond donors (Lipinski definition) is 2. The molecule has 0 aromatic carbocycles. The van der Waals surface area contributed by atoms with E-state index in [0.717, 1.165) is 25.5 Å². The molecule has 0 radical (unpaired) electrons. The van der Waals surface area contributed by atoms with Crippen molar-refractivity contribution < 1.29 is 9.72 Å². The van der Waals surface area contributed by atoms with E-state index in [1.807, 2.05) is 11.8 Å². The topological polar surface area (TPSA) is 97.2 Å². The van der Waals surface area contributed by atoms with Crippen molar-refractivity contribution in [1.29, 1.82) is 0 Å². The molecule has 2 atom stereocenters. The summed E-state index contributed by atoms with van der Waals surface area (Å²) in [7, 11) is 1.63. The molecule has 1 heterocycles. The van der Waals surface area contributed by atoms with Gasteiger partial charge in [-0.3, -0.25) is 14.9 Å². The minimum Gasteiger partial charge on any atom is -0.372 e. The molecule has 1 aromatic heterocycles. The smallest absolute Gasteiger partial charge is 0.288 e. The highest BCUT2D eigenvalue weighted by atomic mass is 32.2. The number of pyridine rings is 1. The van der Waals surface area contributed by atoms with Gasteiger partial charge in [-0.25, -0.2) is 4.98 Å². The van der Waals surface area contributed by atoms with Gasteiger partial charge >= 0.3 is 0 Å². The number of carbonyl (C=O) groups excluding carboxylic acids is 1. The second-order valence-corrected chi connectivity index (χ2v) is 6.08. The van der Waals surface area contributed by atoms with Crippen molar-refractivity contribution in [3.63, 3.8) is 0 Å². The molecule has 2 rings (SSSR count). The van der Waals surface area contributed by atoms with Crippen molar-refractivity contribution in [3.8, 4) is 0 Å². The van der Waals surface area contributed by atoms with Crippen LogP contribution in [0.15, 0.2) is 12.3 Å². The Balaban J connectivity index is 2.14. The lowest BCUT2D eigenvalue weighted by Crippen LogP contribution is -2.33. The lowest BCUT2D eigenvalue weighted by atomic mass is 10.2. The Morgan fingerprint density at radius 1 is 1.52 bits per heavy atom.